The van der Waals surface area contributed by atoms with Crippen LogP contribution in [0.2, 0.25) is 0 Å². The third-order valence-corrected chi connectivity index (χ3v) is 2.94. The van der Waals surface area contributed by atoms with E-state index in [1.54, 1.807) is 25.1 Å². The van der Waals surface area contributed by atoms with Crippen LogP contribution in [0.25, 0.3) is 0 Å². The van der Waals surface area contributed by atoms with Crippen molar-refractivity contribution >= 4 is 11.6 Å². The number of likely N-dealkylation sites (N-methyl/N-ethyl adjacent to an activating group) is 1. The van der Waals surface area contributed by atoms with Crippen LogP contribution >= 0.6 is 0 Å². The van der Waals surface area contributed by atoms with Crippen LogP contribution in [0.5, 0.6) is 0 Å². The Labute approximate surface area is 102 Å². The zero-order valence-electron chi connectivity index (χ0n) is 10.9. The van der Waals surface area contributed by atoms with Crippen molar-refractivity contribution in [1.82, 2.24) is 4.90 Å². The first-order valence-corrected chi connectivity index (χ1v) is 5.60. The maximum absolute atomic E-state index is 12.2. The summed E-state index contributed by atoms with van der Waals surface area (Å²) >= 11 is 0. The second-order valence-electron chi connectivity index (χ2n) is 4.26. The summed E-state index contributed by atoms with van der Waals surface area (Å²) in [6.07, 6.45) is 0. The lowest BCUT2D eigenvalue weighted by molar-refractivity contribution is 0.0634. The number of aryl methyl sites for hydroxylation is 1. The smallest absolute Gasteiger partial charge is 0.256 e. The molecule has 0 aliphatic carbocycles. The molecule has 0 saturated heterocycles. The average Bonchev–Trinajstić information content (AvgIpc) is 2.31. The summed E-state index contributed by atoms with van der Waals surface area (Å²) in [6, 6.07) is 5.51. The van der Waals surface area contributed by atoms with Gasteiger partial charge in [-0.3, -0.25) is 4.79 Å². The van der Waals surface area contributed by atoms with E-state index in [9.17, 15) is 4.79 Å². The summed E-state index contributed by atoms with van der Waals surface area (Å²) in [7, 11) is 3.38. The van der Waals surface area contributed by atoms with Crippen molar-refractivity contribution < 1.29 is 9.53 Å². The largest absolute Gasteiger partial charge is 0.398 e. The Hall–Kier alpha value is -1.55. The summed E-state index contributed by atoms with van der Waals surface area (Å²) in [4.78, 5) is 13.9. The number of carbonyl (C=O) groups excluding carboxylic acids is 1. The summed E-state index contributed by atoms with van der Waals surface area (Å²) in [6.45, 7) is 4.34. The van der Waals surface area contributed by atoms with E-state index in [4.69, 9.17) is 10.5 Å². The van der Waals surface area contributed by atoms with Crippen molar-refractivity contribution in [2.45, 2.75) is 19.9 Å². The Kier molecular flexibility index (Phi) is 4.52. The third kappa shape index (κ3) is 2.97. The molecule has 0 fully saturated rings. The van der Waals surface area contributed by atoms with Crippen LogP contribution in [0.1, 0.15) is 22.8 Å². The van der Waals surface area contributed by atoms with Crippen LogP contribution in [-0.4, -0.2) is 37.6 Å². The fraction of sp³-hybridized carbons (Fsp3) is 0.462. The number of rotatable bonds is 4. The number of benzene rings is 1. The van der Waals surface area contributed by atoms with Crippen molar-refractivity contribution in [3.8, 4) is 0 Å². The van der Waals surface area contributed by atoms with Crippen LogP contribution in [0, 0.1) is 6.92 Å². The number of nitrogens with zero attached hydrogens (tertiary/aromatic N) is 1. The molecule has 94 valence electrons. The van der Waals surface area contributed by atoms with E-state index in [2.05, 4.69) is 0 Å². The van der Waals surface area contributed by atoms with Gasteiger partial charge in [-0.15, -0.1) is 0 Å². The van der Waals surface area contributed by atoms with Gasteiger partial charge < -0.3 is 15.4 Å². The maximum Gasteiger partial charge on any atom is 0.256 e. The Balaban J connectivity index is 2.93. The highest BCUT2D eigenvalue weighted by molar-refractivity contribution is 5.99. The molecule has 17 heavy (non-hydrogen) atoms. The predicted molar refractivity (Wildman–Crippen MR) is 69.0 cm³/mol. The Bertz CT molecular complexity index is 404. The topological polar surface area (TPSA) is 55.6 Å². The first-order valence-electron chi connectivity index (χ1n) is 5.60. The standard InChI is InChI=1S/C13H20N2O2/c1-9-6-5-7-11(12(9)14)13(16)15(3)10(2)8-17-4/h5-7,10H,8,14H2,1-4H3. The van der Waals surface area contributed by atoms with Gasteiger partial charge in [0.2, 0.25) is 0 Å². The minimum Gasteiger partial charge on any atom is -0.398 e. The monoisotopic (exact) mass is 236 g/mol. The van der Waals surface area contributed by atoms with Gasteiger partial charge in [0, 0.05) is 19.8 Å². The first kappa shape index (κ1) is 13.5. The Morgan fingerprint density at radius 2 is 2.18 bits per heavy atom. The average molecular weight is 236 g/mol. The number of anilines is 1. The second-order valence-corrected chi connectivity index (χ2v) is 4.26. The molecule has 1 atom stereocenters. The van der Waals surface area contributed by atoms with E-state index in [0.29, 0.717) is 17.9 Å². The van der Waals surface area contributed by atoms with E-state index >= 15 is 0 Å². The lowest BCUT2D eigenvalue weighted by Gasteiger charge is -2.25. The molecule has 0 saturated carbocycles. The number of para-hydroxylation sites is 1. The van der Waals surface area contributed by atoms with Crippen LogP contribution < -0.4 is 5.73 Å². The number of hydrogen-bond donors (Lipinski definition) is 1. The maximum atomic E-state index is 12.2. The molecule has 1 amide bonds. The summed E-state index contributed by atoms with van der Waals surface area (Å²) in [5.41, 5.74) is 7.94. The fourth-order valence-corrected chi connectivity index (χ4v) is 1.61. The Morgan fingerprint density at radius 3 is 2.76 bits per heavy atom. The van der Waals surface area contributed by atoms with Crippen molar-refractivity contribution in [3.05, 3.63) is 29.3 Å². The van der Waals surface area contributed by atoms with Gasteiger partial charge in [0.1, 0.15) is 0 Å². The third-order valence-electron chi connectivity index (χ3n) is 2.94. The lowest BCUT2D eigenvalue weighted by Crippen LogP contribution is -2.38. The molecule has 0 spiro atoms. The fourth-order valence-electron chi connectivity index (χ4n) is 1.61. The number of hydrogen-bond acceptors (Lipinski definition) is 3. The number of nitrogen functional groups attached to an aromatic ring is 1. The number of ether oxygens (including phenoxy) is 1. The number of nitrogens with two attached hydrogens (primary N) is 1. The van der Waals surface area contributed by atoms with Gasteiger partial charge in [0.05, 0.1) is 18.2 Å². The molecular formula is C13H20N2O2. The normalized spacial score (nSPS) is 12.2. The highest BCUT2D eigenvalue weighted by Crippen LogP contribution is 2.18. The van der Waals surface area contributed by atoms with Gasteiger partial charge >= 0.3 is 0 Å². The second kappa shape index (κ2) is 5.68. The SMILES string of the molecule is COCC(C)N(C)C(=O)c1cccc(C)c1N. The van der Waals surface area contributed by atoms with Gasteiger partial charge in [-0.05, 0) is 25.5 Å². The minimum absolute atomic E-state index is 0.0208. The molecule has 0 heterocycles. The van der Waals surface area contributed by atoms with Crippen LogP contribution in [-0.2, 0) is 4.74 Å². The van der Waals surface area contributed by atoms with Gasteiger partial charge in [0.25, 0.3) is 5.91 Å². The molecular weight excluding hydrogens is 216 g/mol. The quantitative estimate of drug-likeness (QED) is 0.809. The van der Waals surface area contributed by atoms with Crippen LogP contribution in [0.4, 0.5) is 5.69 Å². The van der Waals surface area contributed by atoms with E-state index in [1.165, 1.54) is 0 Å². The van der Waals surface area contributed by atoms with Gasteiger partial charge in [-0.2, -0.15) is 0 Å². The Morgan fingerprint density at radius 1 is 1.53 bits per heavy atom. The number of methoxy groups -OCH3 is 1. The zero-order chi connectivity index (χ0) is 13.0. The molecule has 0 aromatic heterocycles. The van der Waals surface area contributed by atoms with Gasteiger partial charge in [-0.25, -0.2) is 0 Å². The molecule has 0 radical (unpaired) electrons. The van der Waals surface area contributed by atoms with Crippen molar-refractivity contribution in [1.29, 1.82) is 0 Å². The van der Waals surface area contributed by atoms with E-state index in [0.717, 1.165) is 5.56 Å². The molecule has 1 aromatic carbocycles. The summed E-state index contributed by atoms with van der Waals surface area (Å²) < 4.78 is 5.04. The van der Waals surface area contributed by atoms with Crippen molar-refractivity contribution in [3.63, 3.8) is 0 Å². The molecule has 0 aliphatic rings. The highest BCUT2D eigenvalue weighted by atomic mass is 16.5. The molecule has 4 heteroatoms. The highest BCUT2D eigenvalue weighted by Gasteiger charge is 2.19. The summed E-state index contributed by atoms with van der Waals surface area (Å²) in [5.74, 6) is -0.0734. The van der Waals surface area contributed by atoms with Crippen molar-refractivity contribution in [2.24, 2.45) is 0 Å². The van der Waals surface area contributed by atoms with Crippen molar-refractivity contribution in [2.75, 3.05) is 26.5 Å². The van der Waals surface area contributed by atoms with Gasteiger partial charge in [-0.1, -0.05) is 12.1 Å². The molecule has 1 unspecified atom stereocenters. The van der Waals surface area contributed by atoms with E-state index < -0.39 is 0 Å². The van der Waals surface area contributed by atoms with Crippen LogP contribution in [0.15, 0.2) is 18.2 Å². The van der Waals surface area contributed by atoms with E-state index in [1.807, 2.05) is 26.0 Å². The molecule has 1 rings (SSSR count). The van der Waals surface area contributed by atoms with Gasteiger partial charge in [0.15, 0.2) is 0 Å². The number of amides is 1. The molecule has 1 aromatic rings. The lowest BCUT2D eigenvalue weighted by atomic mass is 10.1. The summed E-state index contributed by atoms with van der Waals surface area (Å²) in [5, 5.41) is 0. The van der Waals surface area contributed by atoms with E-state index in [-0.39, 0.29) is 11.9 Å². The molecule has 0 aliphatic heterocycles. The number of carbonyl (C=O) groups is 1. The first-order chi connectivity index (χ1) is 7.99. The molecule has 2 N–H and O–H groups in total. The van der Waals surface area contributed by atoms with Crippen LogP contribution in [0.3, 0.4) is 0 Å². The molecule has 0 bridgehead atoms. The predicted octanol–water partition coefficient (Wildman–Crippen LogP) is 1.68. The zero-order valence-corrected chi connectivity index (χ0v) is 10.9. The minimum atomic E-state index is -0.0734. The molecule has 4 nitrogen and oxygen atoms in total.